The number of nitrogens with zero attached hydrogens (tertiary/aromatic N) is 3. The normalized spacial score (nSPS) is 15.6. The molecule has 6 nitrogen and oxygen atoms in total. The maximum Gasteiger partial charge on any atom is 0.248 e. The minimum atomic E-state index is -0.509. The van der Waals surface area contributed by atoms with E-state index >= 15 is 0 Å². The van der Waals surface area contributed by atoms with Gasteiger partial charge in [-0.1, -0.05) is 11.6 Å². The summed E-state index contributed by atoms with van der Waals surface area (Å²) in [6, 6.07) is 6.09. The molecule has 28 heavy (non-hydrogen) atoms. The van der Waals surface area contributed by atoms with Crippen molar-refractivity contribution in [3.63, 3.8) is 0 Å². The van der Waals surface area contributed by atoms with Crippen LogP contribution >= 0.6 is 22.9 Å². The van der Waals surface area contributed by atoms with Crippen molar-refractivity contribution in [2.75, 3.05) is 25.0 Å². The molecule has 1 amide bonds. The van der Waals surface area contributed by atoms with Gasteiger partial charge in [0.15, 0.2) is 0 Å². The predicted molar refractivity (Wildman–Crippen MR) is 106 cm³/mol. The molecule has 1 aliphatic heterocycles. The van der Waals surface area contributed by atoms with Crippen LogP contribution in [0.15, 0.2) is 39.4 Å². The molecule has 0 atom stereocenters. The van der Waals surface area contributed by atoms with Crippen molar-refractivity contribution in [2.24, 2.45) is 0 Å². The molecule has 0 bridgehead atoms. The van der Waals surface area contributed by atoms with E-state index in [2.05, 4.69) is 20.4 Å². The van der Waals surface area contributed by atoms with Gasteiger partial charge in [-0.3, -0.25) is 9.69 Å². The summed E-state index contributed by atoms with van der Waals surface area (Å²) < 4.78 is 19.0. The van der Waals surface area contributed by atoms with Gasteiger partial charge in [0, 0.05) is 22.5 Å². The molecule has 1 aromatic carbocycles. The summed E-state index contributed by atoms with van der Waals surface area (Å²) in [5, 5.41) is 15.0. The molecule has 1 fully saturated rings. The zero-order chi connectivity index (χ0) is 19.5. The monoisotopic (exact) mass is 420 g/mol. The van der Waals surface area contributed by atoms with E-state index < -0.39 is 5.82 Å². The van der Waals surface area contributed by atoms with Gasteiger partial charge in [0.05, 0.1) is 11.6 Å². The van der Waals surface area contributed by atoms with Crippen molar-refractivity contribution in [3.05, 3.63) is 51.8 Å². The highest BCUT2D eigenvalue weighted by molar-refractivity contribution is 7.08. The molecule has 1 N–H and O–H groups in total. The van der Waals surface area contributed by atoms with E-state index in [9.17, 15) is 9.18 Å². The van der Waals surface area contributed by atoms with Crippen LogP contribution < -0.4 is 5.32 Å². The molecular formula is C19H18ClFN4O2S. The SMILES string of the molecule is O=C(CN1CCC(c2nnc(-c3ccsc3)o2)CC1)Nc1ccc(F)c(Cl)c1. The summed E-state index contributed by atoms with van der Waals surface area (Å²) in [6.07, 6.45) is 1.70. The number of anilines is 1. The number of rotatable bonds is 5. The lowest BCUT2D eigenvalue weighted by atomic mass is 9.97. The van der Waals surface area contributed by atoms with Crippen LogP contribution in [0.5, 0.6) is 0 Å². The van der Waals surface area contributed by atoms with Crippen molar-refractivity contribution < 1.29 is 13.6 Å². The van der Waals surface area contributed by atoms with E-state index in [-0.39, 0.29) is 23.4 Å². The van der Waals surface area contributed by atoms with Crippen molar-refractivity contribution in [1.82, 2.24) is 15.1 Å². The summed E-state index contributed by atoms with van der Waals surface area (Å²) in [7, 11) is 0. The number of carbonyl (C=O) groups is 1. The average molecular weight is 421 g/mol. The van der Waals surface area contributed by atoms with Gasteiger partial charge in [-0.15, -0.1) is 10.2 Å². The Balaban J connectivity index is 1.28. The van der Waals surface area contributed by atoms with Crippen LogP contribution in [0, 0.1) is 5.82 Å². The second kappa shape index (κ2) is 8.38. The van der Waals surface area contributed by atoms with Crippen molar-refractivity contribution in [3.8, 4) is 11.5 Å². The fraction of sp³-hybridized carbons (Fsp3) is 0.316. The summed E-state index contributed by atoms with van der Waals surface area (Å²) in [4.78, 5) is 14.3. The van der Waals surface area contributed by atoms with Gasteiger partial charge in [-0.05, 0) is 55.6 Å². The maximum absolute atomic E-state index is 13.2. The van der Waals surface area contributed by atoms with Crippen LogP contribution in [0.4, 0.5) is 10.1 Å². The molecule has 0 radical (unpaired) electrons. The van der Waals surface area contributed by atoms with E-state index in [0.29, 0.717) is 17.5 Å². The van der Waals surface area contributed by atoms with Crippen LogP contribution in [-0.2, 0) is 4.79 Å². The Morgan fingerprint density at radius 1 is 1.32 bits per heavy atom. The number of aromatic nitrogens is 2. The second-order valence-electron chi connectivity index (χ2n) is 6.68. The van der Waals surface area contributed by atoms with Crippen LogP contribution in [0.3, 0.4) is 0 Å². The predicted octanol–water partition coefficient (Wildman–Crippen LogP) is 4.41. The molecular weight excluding hydrogens is 403 g/mol. The summed E-state index contributed by atoms with van der Waals surface area (Å²) in [5.41, 5.74) is 1.43. The Morgan fingerprint density at radius 3 is 2.86 bits per heavy atom. The topological polar surface area (TPSA) is 71.3 Å². The first-order valence-corrected chi connectivity index (χ1v) is 10.2. The van der Waals surface area contributed by atoms with Crippen LogP contribution in [0.25, 0.3) is 11.5 Å². The van der Waals surface area contributed by atoms with Gasteiger partial charge in [0.25, 0.3) is 0 Å². The molecule has 4 rings (SSSR count). The molecule has 3 aromatic rings. The number of halogens is 2. The lowest BCUT2D eigenvalue weighted by molar-refractivity contribution is -0.117. The number of carbonyl (C=O) groups excluding carboxylic acids is 1. The number of nitrogens with one attached hydrogen (secondary N) is 1. The number of piperidine rings is 1. The van der Waals surface area contributed by atoms with E-state index in [1.165, 1.54) is 18.2 Å². The van der Waals surface area contributed by atoms with E-state index in [1.54, 1.807) is 11.3 Å². The quantitative estimate of drug-likeness (QED) is 0.662. The number of hydrogen-bond acceptors (Lipinski definition) is 6. The average Bonchev–Trinajstić information content (AvgIpc) is 3.37. The number of likely N-dealkylation sites (tertiary alicyclic amines) is 1. The third kappa shape index (κ3) is 4.40. The molecule has 1 saturated heterocycles. The molecule has 0 spiro atoms. The van der Waals surface area contributed by atoms with E-state index in [1.807, 2.05) is 16.8 Å². The first-order valence-electron chi connectivity index (χ1n) is 8.92. The summed E-state index contributed by atoms with van der Waals surface area (Å²) in [6.45, 7) is 1.79. The Kier molecular flexibility index (Phi) is 5.70. The van der Waals surface area contributed by atoms with Crippen LogP contribution in [0.2, 0.25) is 5.02 Å². The highest BCUT2D eigenvalue weighted by atomic mass is 35.5. The minimum absolute atomic E-state index is 0.0139. The molecule has 2 aromatic heterocycles. The van der Waals surface area contributed by atoms with Gasteiger partial charge in [-0.25, -0.2) is 4.39 Å². The van der Waals surface area contributed by atoms with Crippen LogP contribution in [0.1, 0.15) is 24.7 Å². The van der Waals surface area contributed by atoms with Gasteiger partial charge in [0.2, 0.25) is 17.7 Å². The van der Waals surface area contributed by atoms with Gasteiger partial charge in [-0.2, -0.15) is 11.3 Å². The van der Waals surface area contributed by atoms with E-state index in [4.69, 9.17) is 16.0 Å². The zero-order valence-electron chi connectivity index (χ0n) is 14.9. The number of hydrogen-bond donors (Lipinski definition) is 1. The molecule has 3 heterocycles. The number of thiophene rings is 1. The Labute approximate surface area is 170 Å². The van der Waals surface area contributed by atoms with E-state index in [0.717, 1.165) is 31.5 Å². The Morgan fingerprint density at radius 2 is 2.14 bits per heavy atom. The fourth-order valence-electron chi connectivity index (χ4n) is 3.22. The van der Waals surface area contributed by atoms with Gasteiger partial charge >= 0.3 is 0 Å². The lowest BCUT2D eigenvalue weighted by Crippen LogP contribution is -2.38. The fourth-order valence-corrected chi connectivity index (χ4v) is 4.03. The standard InChI is InChI=1S/C19H18ClFN4O2S/c20-15-9-14(1-2-16(15)21)22-17(26)10-25-6-3-12(4-7-25)18-23-24-19(27-18)13-5-8-28-11-13/h1-2,5,8-9,11-12H,3-4,6-7,10H2,(H,22,26). The van der Waals surface area contributed by atoms with Gasteiger partial charge < -0.3 is 9.73 Å². The number of amides is 1. The Bertz CT molecular complexity index is 955. The zero-order valence-corrected chi connectivity index (χ0v) is 16.5. The summed E-state index contributed by atoms with van der Waals surface area (Å²) >= 11 is 7.33. The first kappa shape index (κ1) is 19.0. The highest BCUT2D eigenvalue weighted by Gasteiger charge is 2.26. The first-order chi connectivity index (χ1) is 13.6. The van der Waals surface area contributed by atoms with Crippen molar-refractivity contribution >= 4 is 34.5 Å². The summed E-state index contributed by atoms with van der Waals surface area (Å²) in [5.74, 6) is 0.751. The van der Waals surface area contributed by atoms with Crippen molar-refractivity contribution in [1.29, 1.82) is 0 Å². The molecule has 9 heteroatoms. The third-order valence-electron chi connectivity index (χ3n) is 4.72. The molecule has 0 unspecified atom stereocenters. The van der Waals surface area contributed by atoms with Crippen molar-refractivity contribution in [2.45, 2.75) is 18.8 Å². The molecule has 0 aliphatic carbocycles. The molecule has 146 valence electrons. The smallest absolute Gasteiger partial charge is 0.248 e. The maximum atomic E-state index is 13.2. The number of benzene rings is 1. The Hall–Kier alpha value is -2.29. The van der Waals surface area contributed by atoms with Crippen LogP contribution in [-0.4, -0.2) is 40.6 Å². The molecule has 1 aliphatic rings. The largest absolute Gasteiger partial charge is 0.420 e. The molecule has 0 saturated carbocycles. The second-order valence-corrected chi connectivity index (χ2v) is 7.87. The lowest BCUT2D eigenvalue weighted by Gasteiger charge is -2.29. The minimum Gasteiger partial charge on any atom is -0.420 e. The van der Waals surface area contributed by atoms with Gasteiger partial charge in [0.1, 0.15) is 5.82 Å². The highest BCUT2D eigenvalue weighted by Crippen LogP contribution is 2.30. The third-order valence-corrected chi connectivity index (χ3v) is 5.69.